The van der Waals surface area contributed by atoms with Crippen LogP contribution >= 0.6 is 0 Å². The normalized spacial score (nSPS) is 13.1. The third kappa shape index (κ3) is 4.92. The van der Waals surface area contributed by atoms with E-state index in [1.807, 2.05) is 6.07 Å². The minimum atomic E-state index is -0.857. The Morgan fingerprint density at radius 1 is 0.962 bits per heavy atom. The summed E-state index contributed by atoms with van der Waals surface area (Å²) in [6, 6.07) is 13.9. The largest absolute Gasteiger partial charge is 0.481 e. The van der Waals surface area contributed by atoms with Gasteiger partial charge in [0, 0.05) is 29.3 Å². The highest BCUT2D eigenvalue weighted by atomic mass is 16.4. The van der Waals surface area contributed by atoms with Crippen molar-refractivity contribution in [3.63, 3.8) is 0 Å². The van der Waals surface area contributed by atoms with Crippen LogP contribution in [-0.4, -0.2) is 22.9 Å². The van der Waals surface area contributed by atoms with Crippen molar-refractivity contribution in [2.75, 3.05) is 10.6 Å². The molecule has 0 aliphatic heterocycles. The van der Waals surface area contributed by atoms with Gasteiger partial charge in [0.2, 0.25) is 5.91 Å². The van der Waals surface area contributed by atoms with E-state index in [0.717, 1.165) is 18.4 Å². The summed E-state index contributed by atoms with van der Waals surface area (Å²) in [6.45, 7) is 0. The zero-order valence-electron chi connectivity index (χ0n) is 14.2. The fourth-order valence-electron chi connectivity index (χ4n) is 2.59. The average molecular weight is 352 g/mol. The molecule has 6 heteroatoms. The predicted molar refractivity (Wildman–Crippen MR) is 98.1 cm³/mol. The topological polar surface area (TPSA) is 95.5 Å². The Balaban J connectivity index is 1.65. The number of anilines is 2. The lowest BCUT2D eigenvalue weighted by atomic mass is 10.1. The van der Waals surface area contributed by atoms with Gasteiger partial charge in [-0.05, 0) is 55.2 Å². The molecule has 134 valence electrons. The molecule has 0 spiro atoms. The van der Waals surface area contributed by atoms with Crippen LogP contribution in [0.5, 0.6) is 0 Å². The van der Waals surface area contributed by atoms with E-state index >= 15 is 0 Å². The fourth-order valence-corrected chi connectivity index (χ4v) is 2.59. The summed E-state index contributed by atoms with van der Waals surface area (Å²) in [7, 11) is 0. The summed E-state index contributed by atoms with van der Waals surface area (Å²) in [4.78, 5) is 35.0. The maximum absolute atomic E-state index is 12.5. The van der Waals surface area contributed by atoms with Crippen LogP contribution in [0.1, 0.15) is 35.2 Å². The van der Waals surface area contributed by atoms with Crippen LogP contribution in [0.4, 0.5) is 11.4 Å². The summed E-state index contributed by atoms with van der Waals surface area (Å²) >= 11 is 0. The number of carbonyl (C=O) groups is 3. The molecule has 0 saturated heterocycles. The highest BCUT2D eigenvalue weighted by molar-refractivity contribution is 6.05. The number of benzene rings is 2. The first-order valence-corrected chi connectivity index (χ1v) is 8.54. The van der Waals surface area contributed by atoms with Crippen molar-refractivity contribution in [3.8, 4) is 0 Å². The molecule has 2 aromatic carbocycles. The summed E-state index contributed by atoms with van der Waals surface area (Å²) in [5, 5.41) is 14.4. The van der Waals surface area contributed by atoms with Crippen molar-refractivity contribution in [2.45, 2.75) is 25.7 Å². The average Bonchev–Trinajstić information content (AvgIpc) is 3.46. The van der Waals surface area contributed by atoms with Crippen molar-refractivity contribution in [3.05, 3.63) is 59.7 Å². The van der Waals surface area contributed by atoms with E-state index in [1.54, 1.807) is 42.5 Å². The Morgan fingerprint density at radius 3 is 2.35 bits per heavy atom. The molecule has 1 saturated carbocycles. The van der Waals surface area contributed by atoms with E-state index in [0.29, 0.717) is 23.4 Å². The molecule has 2 amide bonds. The molecule has 0 heterocycles. The number of carboxylic acids is 1. The summed E-state index contributed by atoms with van der Waals surface area (Å²) in [6.07, 6.45) is 2.29. The van der Waals surface area contributed by atoms with E-state index in [9.17, 15) is 14.4 Å². The van der Waals surface area contributed by atoms with Crippen molar-refractivity contribution in [2.24, 2.45) is 5.92 Å². The molecule has 0 aromatic heterocycles. The van der Waals surface area contributed by atoms with Gasteiger partial charge >= 0.3 is 5.97 Å². The standard InChI is InChI=1S/C20H20N2O4/c23-18(24)10-7-13-3-1-5-16(11-13)21-20(26)15-4-2-6-17(12-15)22-19(25)14-8-9-14/h1-6,11-12,14H,7-10H2,(H,21,26)(H,22,25)(H,23,24). The molecular weight excluding hydrogens is 332 g/mol. The Labute approximate surface area is 151 Å². The Kier molecular flexibility index (Phi) is 5.31. The maximum Gasteiger partial charge on any atom is 0.303 e. The van der Waals surface area contributed by atoms with Gasteiger partial charge in [-0.1, -0.05) is 18.2 Å². The van der Waals surface area contributed by atoms with Gasteiger partial charge in [-0.15, -0.1) is 0 Å². The van der Waals surface area contributed by atoms with Crippen molar-refractivity contribution in [1.29, 1.82) is 0 Å². The molecule has 0 atom stereocenters. The molecule has 3 rings (SSSR count). The molecule has 1 aliphatic rings. The quantitative estimate of drug-likeness (QED) is 0.712. The van der Waals surface area contributed by atoms with Gasteiger partial charge in [-0.3, -0.25) is 14.4 Å². The van der Waals surface area contributed by atoms with Crippen LogP contribution in [0.25, 0.3) is 0 Å². The minimum absolute atomic E-state index is 0.00584. The molecule has 1 fully saturated rings. The zero-order chi connectivity index (χ0) is 18.5. The van der Waals surface area contributed by atoms with Gasteiger partial charge in [0.1, 0.15) is 0 Å². The SMILES string of the molecule is O=C(O)CCc1cccc(NC(=O)c2cccc(NC(=O)C3CC3)c2)c1. The number of carbonyl (C=O) groups excluding carboxylic acids is 2. The molecule has 3 N–H and O–H groups in total. The maximum atomic E-state index is 12.5. The molecule has 0 bridgehead atoms. The summed E-state index contributed by atoms with van der Waals surface area (Å²) in [5.74, 6) is -1.05. The van der Waals surface area contributed by atoms with Crippen LogP contribution in [0.3, 0.4) is 0 Å². The molecule has 1 aliphatic carbocycles. The number of rotatable bonds is 7. The lowest BCUT2D eigenvalue weighted by Gasteiger charge is -2.09. The number of aliphatic carboxylic acids is 1. The number of carboxylic acid groups (broad SMARTS) is 1. The summed E-state index contributed by atoms with van der Waals surface area (Å²) < 4.78 is 0. The molecule has 2 aromatic rings. The number of aryl methyl sites for hydroxylation is 1. The highest BCUT2D eigenvalue weighted by Crippen LogP contribution is 2.30. The van der Waals surface area contributed by atoms with Gasteiger partial charge in [0.25, 0.3) is 5.91 Å². The number of hydrogen-bond donors (Lipinski definition) is 3. The van der Waals surface area contributed by atoms with Crippen LogP contribution in [-0.2, 0) is 16.0 Å². The second-order valence-electron chi connectivity index (χ2n) is 6.39. The van der Waals surface area contributed by atoms with E-state index in [-0.39, 0.29) is 24.2 Å². The van der Waals surface area contributed by atoms with Gasteiger partial charge in [-0.2, -0.15) is 0 Å². The zero-order valence-corrected chi connectivity index (χ0v) is 14.2. The first-order chi connectivity index (χ1) is 12.5. The lowest BCUT2D eigenvalue weighted by Crippen LogP contribution is -2.15. The van der Waals surface area contributed by atoms with Crippen LogP contribution in [0.15, 0.2) is 48.5 Å². The minimum Gasteiger partial charge on any atom is -0.481 e. The Morgan fingerprint density at radius 2 is 1.65 bits per heavy atom. The van der Waals surface area contributed by atoms with Crippen LogP contribution in [0, 0.1) is 5.92 Å². The predicted octanol–water partition coefficient (Wildman–Crippen LogP) is 3.30. The third-order valence-electron chi connectivity index (χ3n) is 4.15. The Hall–Kier alpha value is -3.15. The van der Waals surface area contributed by atoms with Crippen LogP contribution < -0.4 is 10.6 Å². The van der Waals surface area contributed by atoms with Gasteiger partial charge < -0.3 is 15.7 Å². The second-order valence-corrected chi connectivity index (χ2v) is 6.39. The van der Waals surface area contributed by atoms with Gasteiger partial charge in [0.15, 0.2) is 0 Å². The van der Waals surface area contributed by atoms with Gasteiger partial charge in [0.05, 0.1) is 0 Å². The van der Waals surface area contributed by atoms with Crippen molar-refractivity contribution < 1.29 is 19.5 Å². The van der Waals surface area contributed by atoms with Crippen molar-refractivity contribution in [1.82, 2.24) is 0 Å². The van der Waals surface area contributed by atoms with E-state index < -0.39 is 5.97 Å². The Bertz CT molecular complexity index is 843. The monoisotopic (exact) mass is 352 g/mol. The smallest absolute Gasteiger partial charge is 0.303 e. The van der Waals surface area contributed by atoms with E-state index in [4.69, 9.17) is 5.11 Å². The molecule has 26 heavy (non-hydrogen) atoms. The number of hydrogen-bond acceptors (Lipinski definition) is 3. The number of nitrogens with one attached hydrogen (secondary N) is 2. The van der Waals surface area contributed by atoms with Crippen LogP contribution in [0.2, 0.25) is 0 Å². The first kappa shape index (κ1) is 17.7. The molecule has 0 radical (unpaired) electrons. The summed E-state index contributed by atoms with van der Waals surface area (Å²) in [5.41, 5.74) is 2.49. The lowest BCUT2D eigenvalue weighted by molar-refractivity contribution is -0.137. The second kappa shape index (κ2) is 7.82. The fraction of sp³-hybridized carbons (Fsp3) is 0.250. The molecular formula is C20H20N2O4. The van der Waals surface area contributed by atoms with Crippen molar-refractivity contribution >= 4 is 29.2 Å². The highest BCUT2D eigenvalue weighted by Gasteiger charge is 2.29. The molecule has 6 nitrogen and oxygen atoms in total. The molecule has 0 unspecified atom stereocenters. The van der Waals surface area contributed by atoms with Gasteiger partial charge in [-0.25, -0.2) is 0 Å². The van der Waals surface area contributed by atoms with E-state index in [1.165, 1.54) is 0 Å². The number of amides is 2. The third-order valence-corrected chi connectivity index (χ3v) is 4.15. The first-order valence-electron chi connectivity index (χ1n) is 8.54. The van der Waals surface area contributed by atoms with E-state index in [2.05, 4.69) is 10.6 Å².